The third kappa shape index (κ3) is 5.28. The highest BCUT2D eigenvalue weighted by Crippen LogP contribution is 2.31. The van der Waals surface area contributed by atoms with Crippen LogP contribution in [0.2, 0.25) is 10.0 Å². The average molecular weight is 476 g/mol. The summed E-state index contributed by atoms with van der Waals surface area (Å²) in [4.78, 5) is 23.5. The lowest BCUT2D eigenvalue weighted by molar-refractivity contribution is -0.119. The molecular weight excluding hydrogens is 455 g/mol. The Morgan fingerprint density at radius 1 is 1.29 bits per heavy atom. The van der Waals surface area contributed by atoms with Crippen LogP contribution in [0.5, 0.6) is 0 Å². The van der Waals surface area contributed by atoms with Crippen molar-refractivity contribution in [2.75, 3.05) is 11.9 Å². The van der Waals surface area contributed by atoms with E-state index in [4.69, 9.17) is 46.6 Å². The number of likely N-dealkylation sites (N-methyl/N-ethyl adjacent to an activating group) is 1. The highest BCUT2D eigenvalue weighted by molar-refractivity contribution is 7.80. The van der Waals surface area contributed by atoms with E-state index < -0.39 is 6.17 Å². The van der Waals surface area contributed by atoms with E-state index >= 15 is 0 Å². The molecule has 0 radical (unpaired) electrons. The number of anilines is 1. The zero-order chi connectivity index (χ0) is 22.7. The maximum Gasteiger partial charge on any atom is 0.272 e. The van der Waals surface area contributed by atoms with E-state index in [1.165, 1.54) is 4.90 Å². The van der Waals surface area contributed by atoms with Gasteiger partial charge < -0.3 is 16.0 Å². The second-order valence-corrected chi connectivity index (χ2v) is 8.22. The number of hydrogen-bond donors (Lipinski definition) is 3. The third-order valence-electron chi connectivity index (χ3n) is 4.49. The van der Waals surface area contributed by atoms with Gasteiger partial charge in [0.1, 0.15) is 5.84 Å². The number of thiocarbonyl (C=S) groups is 1. The predicted octanol–water partition coefficient (Wildman–Crippen LogP) is 1.98. The minimum Gasteiger partial charge on any atom is -0.387 e. The maximum absolute atomic E-state index is 13.2. The number of nitrogens with zero attached hydrogens (tertiary/aromatic N) is 3. The van der Waals surface area contributed by atoms with E-state index in [0.29, 0.717) is 44.7 Å². The van der Waals surface area contributed by atoms with Crippen LogP contribution in [0.1, 0.15) is 24.5 Å². The van der Waals surface area contributed by atoms with Crippen molar-refractivity contribution in [2.45, 2.75) is 19.5 Å². The molecule has 1 amide bonds. The van der Waals surface area contributed by atoms with Crippen LogP contribution in [-0.4, -0.2) is 41.5 Å². The molecule has 1 unspecified atom stereocenters. The minimum absolute atomic E-state index is 0.0248. The highest BCUT2D eigenvalue weighted by Gasteiger charge is 2.31. The van der Waals surface area contributed by atoms with E-state index in [-0.39, 0.29) is 16.9 Å². The van der Waals surface area contributed by atoms with Gasteiger partial charge in [0.2, 0.25) is 6.17 Å². The fourth-order valence-electron chi connectivity index (χ4n) is 3.11. The first-order valence-corrected chi connectivity index (χ1v) is 10.5. The molecule has 1 heterocycles. The molecule has 160 valence electrons. The molecule has 5 N–H and O–H groups in total. The monoisotopic (exact) mass is 475 g/mol. The molecule has 0 saturated heterocycles. The van der Waals surface area contributed by atoms with Crippen molar-refractivity contribution in [2.24, 2.45) is 15.7 Å². The van der Waals surface area contributed by atoms with Gasteiger partial charge in [0.25, 0.3) is 5.91 Å². The number of carbonyl (C=O) groups excluding carboxylic acids is 1. The molecule has 10 heteroatoms. The summed E-state index contributed by atoms with van der Waals surface area (Å²) >= 11 is 18.0. The number of carbonyl (C=O) groups is 1. The second kappa shape index (κ2) is 9.55. The number of hydrogen-bond acceptors (Lipinski definition) is 3. The van der Waals surface area contributed by atoms with Gasteiger partial charge in [0.15, 0.2) is 10.8 Å². The molecule has 0 bridgehead atoms. The Morgan fingerprint density at radius 3 is 2.68 bits per heavy atom. The summed E-state index contributed by atoms with van der Waals surface area (Å²) < 4.78 is 0. The summed E-state index contributed by atoms with van der Waals surface area (Å²) in [5.74, 6) is -0.0967. The van der Waals surface area contributed by atoms with Gasteiger partial charge in [-0.05, 0) is 36.5 Å². The molecule has 1 atom stereocenters. The van der Waals surface area contributed by atoms with Crippen LogP contribution in [0.15, 0.2) is 52.4 Å². The Morgan fingerprint density at radius 2 is 2.00 bits per heavy atom. The SMILES string of the molecule is CC(=[NH2+])C/C(N)=N/C(=S)NC1N=C(c2ccccc2Cl)c2cc(Cl)ccc2N(C)C1=O. The van der Waals surface area contributed by atoms with Crippen molar-refractivity contribution in [1.29, 1.82) is 0 Å². The Balaban J connectivity index is 2.09. The van der Waals surface area contributed by atoms with Crippen LogP contribution in [-0.2, 0) is 4.79 Å². The first-order chi connectivity index (χ1) is 14.7. The fourth-order valence-corrected chi connectivity index (χ4v) is 3.74. The normalized spacial score (nSPS) is 16.3. The zero-order valence-electron chi connectivity index (χ0n) is 16.9. The van der Waals surface area contributed by atoms with Gasteiger partial charge in [0, 0.05) is 35.1 Å². The van der Waals surface area contributed by atoms with Crippen LogP contribution in [0.3, 0.4) is 0 Å². The molecule has 1 aliphatic heterocycles. The third-order valence-corrected chi connectivity index (χ3v) is 5.27. The number of nitrogens with one attached hydrogen (secondary N) is 1. The van der Waals surface area contributed by atoms with Crippen molar-refractivity contribution >= 4 is 69.4 Å². The van der Waals surface area contributed by atoms with Crippen molar-refractivity contribution in [3.63, 3.8) is 0 Å². The fraction of sp³-hybridized carbons (Fsp3) is 0.190. The van der Waals surface area contributed by atoms with Gasteiger partial charge in [-0.15, -0.1) is 0 Å². The van der Waals surface area contributed by atoms with Gasteiger partial charge in [-0.1, -0.05) is 41.4 Å². The molecule has 3 rings (SSSR count). The van der Waals surface area contributed by atoms with E-state index in [2.05, 4.69) is 15.3 Å². The summed E-state index contributed by atoms with van der Waals surface area (Å²) in [5.41, 5.74) is 8.92. The van der Waals surface area contributed by atoms with Gasteiger partial charge in [-0.2, -0.15) is 0 Å². The molecule has 2 aromatic rings. The molecule has 0 aliphatic carbocycles. The minimum atomic E-state index is -1.05. The van der Waals surface area contributed by atoms with Crippen LogP contribution in [0, 0.1) is 0 Å². The largest absolute Gasteiger partial charge is 0.387 e. The summed E-state index contributed by atoms with van der Waals surface area (Å²) in [6.07, 6.45) is -0.757. The number of rotatable bonds is 4. The number of halogens is 2. The van der Waals surface area contributed by atoms with Crippen LogP contribution in [0.25, 0.3) is 0 Å². The van der Waals surface area contributed by atoms with Crippen LogP contribution < -0.4 is 21.4 Å². The molecule has 31 heavy (non-hydrogen) atoms. The maximum atomic E-state index is 13.2. The van der Waals surface area contributed by atoms with Crippen molar-refractivity contribution in [3.05, 3.63) is 63.6 Å². The lowest BCUT2D eigenvalue weighted by Gasteiger charge is -2.21. The molecule has 7 nitrogen and oxygen atoms in total. The Kier molecular flexibility index (Phi) is 7.04. The Hall–Kier alpha value is -2.81. The highest BCUT2D eigenvalue weighted by atomic mass is 35.5. The lowest BCUT2D eigenvalue weighted by atomic mass is 10.00. The Labute approximate surface area is 195 Å². The molecule has 0 saturated carbocycles. The van der Waals surface area contributed by atoms with Crippen molar-refractivity contribution in [1.82, 2.24) is 5.32 Å². The first-order valence-electron chi connectivity index (χ1n) is 9.29. The number of aliphatic imine (C=N–C) groups is 2. The molecule has 0 spiro atoms. The van der Waals surface area contributed by atoms with Gasteiger partial charge in [-0.25, -0.2) is 9.98 Å². The lowest BCUT2D eigenvalue weighted by Crippen LogP contribution is -2.45. The number of fused-ring (bicyclic) bond motifs is 1. The van der Waals surface area contributed by atoms with E-state index in [0.717, 1.165) is 0 Å². The van der Waals surface area contributed by atoms with Gasteiger partial charge in [-0.3, -0.25) is 10.2 Å². The number of benzodiazepines with no additional fused rings is 1. The predicted molar refractivity (Wildman–Crippen MR) is 130 cm³/mol. The van der Waals surface area contributed by atoms with Crippen molar-refractivity contribution < 1.29 is 10.2 Å². The molecular formula is C21H21Cl2N6OS+. The molecule has 1 aliphatic rings. The van der Waals surface area contributed by atoms with E-state index in [1.54, 1.807) is 38.2 Å². The van der Waals surface area contributed by atoms with E-state index in [9.17, 15) is 4.79 Å². The molecule has 0 aromatic heterocycles. The topological polar surface area (TPSA) is 109 Å². The smallest absolute Gasteiger partial charge is 0.272 e. The van der Waals surface area contributed by atoms with Crippen molar-refractivity contribution in [3.8, 4) is 0 Å². The number of benzene rings is 2. The number of amides is 1. The standard InChI is InChI=1S/C21H20Cl2N6OS/c1-11(24)9-17(25)26-21(31)28-19-20(30)29(2)16-8-7-12(22)10-14(16)18(27-19)13-5-3-4-6-15(13)23/h3-8,10,19,24H,9H2,1-2H3,(H3,25,26,28,31)/p+1. The Bertz CT molecular complexity index is 1130. The van der Waals surface area contributed by atoms with Crippen LogP contribution in [0.4, 0.5) is 5.69 Å². The summed E-state index contributed by atoms with van der Waals surface area (Å²) in [6.45, 7) is 1.73. The first kappa shape index (κ1) is 22.9. The molecule has 2 aromatic carbocycles. The summed E-state index contributed by atoms with van der Waals surface area (Å²) in [6, 6.07) is 12.5. The average Bonchev–Trinajstić information content (AvgIpc) is 2.78. The zero-order valence-corrected chi connectivity index (χ0v) is 19.2. The quantitative estimate of drug-likeness (QED) is 0.356. The van der Waals surface area contributed by atoms with Crippen LogP contribution >= 0.6 is 35.4 Å². The molecule has 0 fully saturated rings. The van der Waals surface area contributed by atoms with Gasteiger partial charge >= 0.3 is 0 Å². The number of amidine groups is 1. The number of nitrogens with two attached hydrogens (primary N) is 2. The van der Waals surface area contributed by atoms with E-state index in [1.807, 2.05) is 18.2 Å². The van der Waals surface area contributed by atoms with Gasteiger partial charge in [0.05, 0.1) is 17.8 Å². The second-order valence-electron chi connectivity index (χ2n) is 6.99. The summed E-state index contributed by atoms with van der Waals surface area (Å²) in [7, 11) is 1.65. The summed E-state index contributed by atoms with van der Waals surface area (Å²) in [5, 5.41) is 9.55.